The number of aryl methyl sites for hydroxylation is 1. The summed E-state index contributed by atoms with van der Waals surface area (Å²) in [6, 6.07) is 14.1. The fourth-order valence-electron chi connectivity index (χ4n) is 3.03. The van der Waals surface area contributed by atoms with Gasteiger partial charge in [-0.1, -0.05) is 24.3 Å². The Bertz CT molecular complexity index is 868. The minimum atomic E-state index is 0.0948. The maximum Gasteiger partial charge on any atom is 0.224 e. The van der Waals surface area contributed by atoms with Crippen LogP contribution in [0.1, 0.15) is 36.4 Å². The van der Waals surface area contributed by atoms with Gasteiger partial charge in [-0.15, -0.1) is 0 Å². The first-order chi connectivity index (χ1) is 11.7. The molecular weight excluding hydrogens is 302 g/mol. The van der Waals surface area contributed by atoms with Gasteiger partial charge in [0, 0.05) is 18.2 Å². The first-order valence-electron chi connectivity index (χ1n) is 8.19. The van der Waals surface area contributed by atoms with Crippen molar-refractivity contribution < 1.29 is 9.21 Å². The highest BCUT2D eigenvalue weighted by Crippen LogP contribution is 2.26. The smallest absolute Gasteiger partial charge is 0.224 e. The molecule has 0 saturated carbocycles. The van der Waals surface area contributed by atoms with Gasteiger partial charge in [-0.2, -0.15) is 0 Å². The molecule has 1 amide bonds. The van der Waals surface area contributed by atoms with E-state index in [2.05, 4.69) is 28.6 Å². The molecule has 24 heavy (non-hydrogen) atoms. The first-order valence-corrected chi connectivity index (χ1v) is 8.19. The van der Waals surface area contributed by atoms with E-state index in [0.717, 1.165) is 23.2 Å². The van der Waals surface area contributed by atoms with Crippen molar-refractivity contribution in [3.8, 4) is 0 Å². The summed E-state index contributed by atoms with van der Waals surface area (Å²) in [6.07, 6.45) is 1.36. The number of benzene rings is 2. The second-order valence-electron chi connectivity index (χ2n) is 6.14. The molecule has 5 nitrogen and oxygen atoms in total. The van der Waals surface area contributed by atoms with Crippen LogP contribution < -0.4 is 10.6 Å². The van der Waals surface area contributed by atoms with E-state index in [9.17, 15) is 4.79 Å². The van der Waals surface area contributed by atoms with Gasteiger partial charge in [0.15, 0.2) is 5.58 Å². The van der Waals surface area contributed by atoms with Crippen molar-refractivity contribution in [2.75, 3.05) is 5.32 Å². The van der Waals surface area contributed by atoms with Crippen LogP contribution in [0.4, 0.5) is 5.69 Å². The second-order valence-corrected chi connectivity index (χ2v) is 6.14. The molecule has 0 fully saturated rings. The number of amides is 1. The van der Waals surface area contributed by atoms with Crippen LogP contribution in [0.3, 0.4) is 0 Å². The largest absolute Gasteiger partial charge is 0.439 e. The summed E-state index contributed by atoms with van der Waals surface area (Å²) in [5, 5.41) is 6.36. The zero-order valence-corrected chi connectivity index (χ0v) is 13.5. The number of aromatic nitrogens is 1. The summed E-state index contributed by atoms with van der Waals surface area (Å²) in [7, 11) is 0. The monoisotopic (exact) mass is 321 g/mol. The van der Waals surface area contributed by atoms with E-state index in [1.807, 2.05) is 36.4 Å². The van der Waals surface area contributed by atoms with Gasteiger partial charge in [-0.3, -0.25) is 4.79 Å². The lowest BCUT2D eigenvalue weighted by Crippen LogP contribution is -2.21. The Morgan fingerprint density at radius 1 is 1.25 bits per heavy atom. The van der Waals surface area contributed by atoms with E-state index in [4.69, 9.17) is 4.42 Å². The highest BCUT2D eigenvalue weighted by Gasteiger charge is 2.16. The van der Waals surface area contributed by atoms with Crippen molar-refractivity contribution in [1.82, 2.24) is 10.3 Å². The highest BCUT2D eigenvalue weighted by atomic mass is 16.3. The second kappa shape index (κ2) is 6.09. The van der Waals surface area contributed by atoms with Crippen LogP contribution in [0, 0.1) is 0 Å². The van der Waals surface area contributed by atoms with Crippen molar-refractivity contribution in [2.24, 2.45) is 0 Å². The number of anilines is 1. The van der Waals surface area contributed by atoms with Crippen molar-refractivity contribution in [2.45, 2.75) is 32.4 Å². The Morgan fingerprint density at radius 2 is 2.12 bits per heavy atom. The Hall–Kier alpha value is -2.66. The number of hydrogen-bond donors (Lipinski definition) is 2. The van der Waals surface area contributed by atoms with Gasteiger partial charge in [-0.25, -0.2) is 4.98 Å². The number of carbonyl (C=O) groups excluding carboxylic acids is 1. The van der Waals surface area contributed by atoms with Gasteiger partial charge in [0.05, 0.1) is 6.54 Å². The normalized spacial score (nSPS) is 15.1. The third-order valence-corrected chi connectivity index (χ3v) is 4.42. The summed E-state index contributed by atoms with van der Waals surface area (Å²) in [5.74, 6) is 0.783. The van der Waals surface area contributed by atoms with Crippen LogP contribution in [0.5, 0.6) is 0 Å². The van der Waals surface area contributed by atoms with Crippen LogP contribution in [-0.4, -0.2) is 10.9 Å². The molecule has 0 radical (unpaired) electrons. The average Bonchev–Trinajstić information content (AvgIpc) is 3.02. The first kappa shape index (κ1) is 14.9. The molecule has 1 atom stereocenters. The van der Waals surface area contributed by atoms with Gasteiger partial charge in [-0.05, 0) is 42.7 Å². The van der Waals surface area contributed by atoms with Crippen molar-refractivity contribution in [3.05, 3.63) is 59.5 Å². The topological polar surface area (TPSA) is 67.2 Å². The van der Waals surface area contributed by atoms with Crippen LogP contribution in [0.25, 0.3) is 11.1 Å². The fourth-order valence-corrected chi connectivity index (χ4v) is 3.03. The third-order valence-electron chi connectivity index (χ3n) is 4.42. The average molecular weight is 321 g/mol. The Balaban J connectivity index is 1.46. The maximum atomic E-state index is 11.4. The number of nitrogens with one attached hydrogen (secondary N) is 2. The van der Waals surface area contributed by atoms with E-state index >= 15 is 0 Å². The Morgan fingerprint density at radius 3 is 3.00 bits per heavy atom. The molecule has 5 heteroatoms. The Labute approximate surface area is 140 Å². The zero-order valence-electron chi connectivity index (χ0n) is 13.5. The summed E-state index contributed by atoms with van der Waals surface area (Å²) in [4.78, 5) is 15.9. The molecule has 2 aromatic carbocycles. The van der Waals surface area contributed by atoms with Crippen LogP contribution in [0.15, 0.2) is 46.9 Å². The number of oxazole rings is 1. The number of para-hydroxylation sites is 2. The molecule has 0 aliphatic carbocycles. The number of carbonyl (C=O) groups is 1. The lowest BCUT2D eigenvalue weighted by atomic mass is 9.98. The molecule has 3 aromatic rings. The molecule has 2 heterocycles. The minimum Gasteiger partial charge on any atom is -0.439 e. The van der Waals surface area contributed by atoms with E-state index in [1.165, 1.54) is 11.1 Å². The van der Waals surface area contributed by atoms with Crippen molar-refractivity contribution in [1.29, 1.82) is 0 Å². The molecule has 122 valence electrons. The van der Waals surface area contributed by atoms with Crippen LogP contribution in [0.2, 0.25) is 0 Å². The molecule has 0 saturated heterocycles. The molecule has 1 aromatic heterocycles. The fraction of sp³-hybridized carbons (Fsp3) is 0.263. The minimum absolute atomic E-state index is 0.0948. The van der Waals surface area contributed by atoms with Gasteiger partial charge in [0.2, 0.25) is 11.8 Å². The van der Waals surface area contributed by atoms with Gasteiger partial charge < -0.3 is 15.1 Å². The lowest BCUT2D eigenvalue weighted by molar-refractivity contribution is -0.116. The lowest BCUT2D eigenvalue weighted by Gasteiger charge is -2.20. The standard InChI is InChI=1S/C19H19N3O2/c1-12(13-6-8-15-14(10-13)7-9-18(23)21-15)20-11-19-22-16-4-2-3-5-17(16)24-19/h2-6,8,10,12,20H,7,9,11H2,1H3,(H,21,23)/t12-/m0/s1. The van der Waals surface area contributed by atoms with Crippen molar-refractivity contribution >= 4 is 22.7 Å². The molecule has 2 N–H and O–H groups in total. The van der Waals surface area contributed by atoms with E-state index < -0.39 is 0 Å². The third kappa shape index (κ3) is 2.90. The number of nitrogens with zero attached hydrogens (tertiary/aromatic N) is 1. The molecule has 0 unspecified atom stereocenters. The molecule has 1 aliphatic heterocycles. The maximum absolute atomic E-state index is 11.4. The molecule has 0 spiro atoms. The number of hydrogen-bond acceptors (Lipinski definition) is 4. The molecular formula is C19H19N3O2. The molecule has 1 aliphatic rings. The number of rotatable bonds is 4. The summed E-state index contributed by atoms with van der Waals surface area (Å²) in [5.41, 5.74) is 5.02. The van der Waals surface area contributed by atoms with Crippen molar-refractivity contribution in [3.63, 3.8) is 0 Å². The summed E-state index contributed by atoms with van der Waals surface area (Å²) < 4.78 is 5.74. The van der Waals surface area contributed by atoms with Gasteiger partial charge in [0.1, 0.15) is 5.52 Å². The van der Waals surface area contributed by atoms with Crippen LogP contribution >= 0.6 is 0 Å². The summed E-state index contributed by atoms with van der Waals surface area (Å²) in [6.45, 7) is 2.69. The van der Waals surface area contributed by atoms with E-state index in [1.54, 1.807) is 0 Å². The SMILES string of the molecule is C[C@H](NCc1nc2ccccc2o1)c1ccc2c(c1)CCC(=O)N2. The molecule has 4 rings (SSSR count). The summed E-state index contributed by atoms with van der Waals surface area (Å²) >= 11 is 0. The zero-order chi connectivity index (χ0) is 16.5. The van der Waals surface area contributed by atoms with Crippen LogP contribution in [-0.2, 0) is 17.8 Å². The predicted molar refractivity (Wildman–Crippen MR) is 92.7 cm³/mol. The van der Waals surface area contributed by atoms with Gasteiger partial charge >= 0.3 is 0 Å². The highest BCUT2D eigenvalue weighted by molar-refractivity contribution is 5.93. The quantitative estimate of drug-likeness (QED) is 0.771. The molecule has 0 bridgehead atoms. The number of fused-ring (bicyclic) bond motifs is 2. The van der Waals surface area contributed by atoms with E-state index in [-0.39, 0.29) is 11.9 Å². The predicted octanol–water partition coefficient (Wildman–Crippen LogP) is 3.56. The Kier molecular flexibility index (Phi) is 3.78. The van der Waals surface area contributed by atoms with E-state index in [0.29, 0.717) is 18.9 Å². The van der Waals surface area contributed by atoms with Gasteiger partial charge in [0.25, 0.3) is 0 Å².